The molecule has 1 aromatic carbocycles. The molecule has 0 amide bonds. The third-order valence-corrected chi connectivity index (χ3v) is 2.98. The van der Waals surface area contributed by atoms with Gasteiger partial charge >= 0.3 is 0 Å². The third kappa shape index (κ3) is 1.90. The lowest BCUT2D eigenvalue weighted by molar-refractivity contribution is 0.727. The fraction of sp³-hybridized carbons (Fsp3) is 0.273. The van der Waals surface area contributed by atoms with Gasteiger partial charge in [0, 0.05) is 11.2 Å². The first-order valence-electron chi connectivity index (χ1n) is 4.57. The van der Waals surface area contributed by atoms with Gasteiger partial charge in [0.15, 0.2) is 0 Å². The van der Waals surface area contributed by atoms with Crippen LogP contribution in [-0.4, -0.2) is 6.54 Å². The number of thiophene rings is 1. The van der Waals surface area contributed by atoms with Crippen LogP contribution in [0.25, 0.3) is 10.1 Å². The summed E-state index contributed by atoms with van der Waals surface area (Å²) in [6, 6.07) is 8.82. The number of fused-ring (bicyclic) bond motifs is 1. The Kier molecular flexibility index (Phi) is 2.62. The molecule has 0 bridgehead atoms. The lowest BCUT2D eigenvalue weighted by atomic mass is 10.2. The first kappa shape index (κ1) is 8.73. The highest BCUT2D eigenvalue weighted by atomic mass is 32.1. The molecule has 2 rings (SSSR count). The normalized spacial score (nSPS) is 10.8. The summed E-state index contributed by atoms with van der Waals surface area (Å²) in [7, 11) is 0. The molecule has 0 spiro atoms. The largest absolute Gasteiger partial charge is 0.313 e. The van der Waals surface area contributed by atoms with Crippen molar-refractivity contribution in [1.82, 2.24) is 5.32 Å². The molecule has 2 heteroatoms. The molecule has 0 aliphatic carbocycles. The molecule has 0 radical (unpaired) electrons. The van der Waals surface area contributed by atoms with Gasteiger partial charge in [-0.2, -0.15) is 0 Å². The Hall–Kier alpha value is -0.860. The Balaban J connectivity index is 2.26. The number of hydrogen-bond donors (Lipinski definition) is 1. The number of hydrogen-bond acceptors (Lipinski definition) is 2. The predicted molar refractivity (Wildman–Crippen MR) is 59.2 cm³/mol. The van der Waals surface area contributed by atoms with Crippen molar-refractivity contribution in [3.63, 3.8) is 0 Å². The summed E-state index contributed by atoms with van der Waals surface area (Å²) in [6.07, 6.45) is 0. The van der Waals surface area contributed by atoms with E-state index in [1.54, 1.807) is 0 Å². The van der Waals surface area contributed by atoms with Crippen molar-refractivity contribution in [3.05, 3.63) is 35.2 Å². The van der Waals surface area contributed by atoms with E-state index in [1.807, 2.05) is 11.3 Å². The van der Waals surface area contributed by atoms with Crippen LogP contribution in [0, 0.1) is 0 Å². The highest BCUT2D eigenvalue weighted by Gasteiger charge is 1.96. The summed E-state index contributed by atoms with van der Waals surface area (Å²) >= 11 is 1.81. The zero-order valence-electron chi connectivity index (χ0n) is 7.71. The summed E-state index contributed by atoms with van der Waals surface area (Å²) in [5.74, 6) is 0. The van der Waals surface area contributed by atoms with Gasteiger partial charge in [0.1, 0.15) is 0 Å². The Labute approximate surface area is 82.4 Å². The van der Waals surface area contributed by atoms with Crippen LogP contribution in [0.3, 0.4) is 0 Å². The summed E-state index contributed by atoms with van der Waals surface area (Å²) in [5.41, 5.74) is 1.37. The van der Waals surface area contributed by atoms with Crippen molar-refractivity contribution >= 4 is 21.4 Å². The Morgan fingerprint density at radius 3 is 3.08 bits per heavy atom. The van der Waals surface area contributed by atoms with Gasteiger partial charge in [0.25, 0.3) is 0 Å². The molecule has 1 nitrogen and oxygen atoms in total. The average molecular weight is 191 g/mol. The Bertz CT molecular complexity index is 392. The third-order valence-electron chi connectivity index (χ3n) is 2.10. The van der Waals surface area contributed by atoms with Crippen LogP contribution >= 0.6 is 11.3 Å². The van der Waals surface area contributed by atoms with E-state index in [0.29, 0.717) is 0 Å². The van der Waals surface area contributed by atoms with Crippen molar-refractivity contribution in [2.24, 2.45) is 0 Å². The second kappa shape index (κ2) is 3.90. The molecule has 0 unspecified atom stereocenters. The van der Waals surface area contributed by atoms with Gasteiger partial charge in [-0.15, -0.1) is 11.3 Å². The van der Waals surface area contributed by atoms with E-state index < -0.39 is 0 Å². The van der Waals surface area contributed by atoms with Crippen molar-refractivity contribution in [2.45, 2.75) is 13.5 Å². The molecule has 0 aliphatic rings. The van der Waals surface area contributed by atoms with E-state index in [9.17, 15) is 0 Å². The van der Waals surface area contributed by atoms with Gasteiger partial charge in [-0.1, -0.05) is 19.1 Å². The molecule has 0 atom stereocenters. The van der Waals surface area contributed by atoms with Gasteiger partial charge in [0.05, 0.1) is 0 Å². The molecule has 1 aromatic heterocycles. The summed E-state index contributed by atoms with van der Waals surface area (Å²) in [4.78, 5) is 0. The minimum atomic E-state index is 0.977. The first-order chi connectivity index (χ1) is 6.40. The lowest BCUT2D eigenvalue weighted by Crippen LogP contribution is -2.11. The van der Waals surface area contributed by atoms with E-state index in [2.05, 4.69) is 41.9 Å². The van der Waals surface area contributed by atoms with E-state index in [4.69, 9.17) is 0 Å². The molecule has 1 N–H and O–H groups in total. The van der Waals surface area contributed by atoms with Crippen molar-refractivity contribution in [2.75, 3.05) is 6.54 Å². The highest BCUT2D eigenvalue weighted by molar-refractivity contribution is 7.17. The van der Waals surface area contributed by atoms with Crippen LogP contribution in [0.15, 0.2) is 29.6 Å². The summed E-state index contributed by atoms with van der Waals surface area (Å²) < 4.78 is 1.38. The second-order valence-corrected chi connectivity index (χ2v) is 4.02. The van der Waals surface area contributed by atoms with Crippen LogP contribution in [0.2, 0.25) is 0 Å². The Morgan fingerprint density at radius 1 is 1.31 bits per heavy atom. The zero-order chi connectivity index (χ0) is 9.10. The fourth-order valence-electron chi connectivity index (χ4n) is 1.38. The van der Waals surface area contributed by atoms with Gasteiger partial charge in [0.2, 0.25) is 0 Å². The number of nitrogens with one attached hydrogen (secondary N) is 1. The molecular weight excluding hydrogens is 178 g/mol. The Morgan fingerprint density at radius 2 is 2.23 bits per heavy atom. The molecule has 13 heavy (non-hydrogen) atoms. The molecule has 0 aliphatic heterocycles. The van der Waals surface area contributed by atoms with E-state index in [1.165, 1.54) is 15.6 Å². The van der Waals surface area contributed by atoms with Crippen molar-refractivity contribution in [3.8, 4) is 0 Å². The van der Waals surface area contributed by atoms with E-state index in [0.717, 1.165) is 13.1 Å². The zero-order valence-corrected chi connectivity index (χ0v) is 8.53. The molecule has 0 saturated heterocycles. The minimum Gasteiger partial charge on any atom is -0.313 e. The fourth-order valence-corrected chi connectivity index (χ4v) is 2.23. The first-order valence-corrected chi connectivity index (χ1v) is 5.45. The van der Waals surface area contributed by atoms with Gasteiger partial charge in [-0.25, -0.2) is 0 Å². The molecule has 2 aromatic rings. The summed E-state index contributed by atoms with van der Waals surface area (Å²) in [6.45, 7) is 4.14. The predicted octanol–water partition coefficient (Wildman–Crippen LogP) is 3.01. The quantitative estimate of drug-likeness (QED) is 0.786. The topological polar surface area (TPSA) is 12.0 Å². The minimum absolute atomic E-state index is 0.977. The van der Waals surface area contributed by atoms with Crippen LogP contribution in [0.1, 0.15) is 12.5 Å². The smallest absolute Gasteiger partial charge is 0.0345 e. The van der Waals surface area contributed by atoms with Gasteiger partial charge < -0.3 is 5.32 Å². The van der Waals surface area contributed by atoms with Crippen LogP contribution in [0.5, 0.6) is 0 Å². The van der Waals surface area contributed by atoms with E-state index in [-0.39, 0.29) is 0 Å². The lowest BCUT2D eigenvalue weighted by Gasteiger charge is -2.01. The highest BCUT2D eigenvalue weighted by Crippen LogP contribution is 2.21. The van der Waals surface area contributed by atoms with Crippen molar-refractivity contribution < 1.29 is 0 Å². The molecule has 0 saturated carbocycles. The van der Waals surface area contributed by atoms with Crippen LogP contribution in [-0.2, 0) is 6.54 Å². The van der Waals surface area contributed by atoms with Gasteiger partial charge in [-0.3, -0.25) is 0 Å². The molecule has 68 valence electrons. The SMILES string of the molecule is CCNCc1ccc2ccsc2c1. The number of rotatable bonds is 3. The molecule has 1 heterocycles. The molecule has 0 fully saturated rings. The number of benzene rings is 1. The van der Waals surface area contributed by atoms with E-state index >= 15 is 0 Å². The maximum Gasteiger partial charge on any atom is 0.0345 e. The van der Waals surface area contributed by atoms with Crippen molar-refractivity contribution in [1.29, 1.82) is 0 Å². The monoisotopic (exact) mass is 191 g/mol. The molecular formula is C11H13NS. The summed E-state index contributed by atoms with van der Waals surface area (Å²) in [5, 5.41) is 6.82. The average Bonchev–Trinajstić information content (AvgIpc) is 2.61. The maximum atomic E-state index is 3.33. The second-order valence-electron chi connectivity index (χ2n) is 3.07. The van der Waals surface area contributed by atoms with Crippen LogP contribution in [0.4, 0.5) is 0 Å². The standard InChI is InChI=1S/C11H13NS/c1-2-12-8-9-3-4-10-5-6-13-11(10)7-9/h3-7,12H,2,8H2,1H3. The maximum absolute atomic E-state index is 3.33. The van der Waals surface area contributed by atoms with Gasteiger partial charge in [-0.05, 0) is 35.0 Å². The van der Waals surface area contributed by atoms with Crippen LogP contribution < -0.4 is 5.32 Å².